The molecule has 0 aliphatic carbocycles. The Morgan fingerprint density at radius 2 is 2.11 bits per heavy atom. The highest BCUT2D eigenvalue weighted by Crippen LogP contribution is 2.25. The summed E-state index contributed by atoms with van der Waals surface area (Å²) in [7, 11) is 0. The number of likely N-dealkylation sites (N-methyl/N-ethyl adjacent to an activating group) is 1. The van der Waals surface area contributed by atoms with Crippen LogP contribution in [0.25, 0.3) is 0 Å². The van der Waals surface area contributed by atoms with Crippen LogP contribution in [0, 0.1) is 23.2 Å². The predicted molar refractivity (Wildman–Crippen MR) is 76.3 cm³/mol. The fourth-order valence-corrected chi connectivity index (χ4v) is 2.97. The summed E-state index contributed by atoms with van der Waals surface area (Å²) in [6.07, 6.45) is 3.90. The van der Waals surface area contributed by atoms with Gasteiger partial charge in [-0.2, -0.15) is 5.26 Å². The Hall–Kier alpha value is -0.590. The molecule has 1 aliphatic rings. The van der Waals surface area contributed by atoms with E-state index >= 15 is 0 Å². The van der Waals surface area contributed by atoms with Crippen LogP contribution in [0.2, 0.25) is 0 Å². The molecule has 0 saturated carbocycles. The van der Waals surface area contributed by atoms with Gasteiger partial charge in [-0.3, -0.25) is 5.32 Å². The van der Waals surface area contributed by atoms with Gasteiger partial charge < -0.3 is 4.90 Å². The van der Waals surface area contributed by atoms with Crippen molar-refractivity contribution in [1.82, 2.24) is 10.2 Å². The van der Waals surface area contributed by atoms with E-state index in [0.29, 0.717) is 0 Å². The lowest BCUT2D eigenvalue weighted by atomic mass is 9.89. The van der Waals surface area contributed by atoms with Gasteiger partial charge in [-0.05, 0) is 57.7 Å². The van der Waals surface area contributed by atoms with E-state index in [1.54, 1.807) is 0 Å². The normalized spacial score (nSPS) is 25.4. The lowest BCUT2D eigenvalue weighted by molar-refractivity contribution is 0.222. The molecule has 1 saturated heterocycles. The summed E-state index contributed by atoms with van der Waals surface area (Å²) >= 11 is 0. The molecule has 3 heteroatoms. The van der Waals surface area contributed by atoms with Crippen LogP contribution in [0.3, 0.4) is 0 Å². The second kappa shape index (κ2) is 7.11. The van der Waals surface area contributed by atoms with Crippen molar-refractivity contribution < 1.29 is 0 Å². The Morgan fingerprint density at radius 3 is 2.67 bits per heavy atom. The molecule has 3 nitrogen and oxygen atoms in total. The van der Waals surface area contributed by atoms with E-state index in [4.69, 9.17) is 0 Å². The zero-order valence-electron chi connectivity index (χ0n) is 12.5. The van der Waals surface area contributed by atoms with Crippen molar-refractivity contribution in [2.45, 2.75) is 52.5 Å². The molecule has 0 amide bonds. The first-order chi connectivity index (χ1) is 8.50. The maximum absolute atomic E-state index is 9.32. The molecule has 0 radical (unpaired) electrons. The molecular formula is C15H29N3. The Labute approximate surface area is 113 Å². The highest BCUT2D eigenvalue weighted by molar-refractivity contribution is 5.05. The van der Waals surface area contributed by atoms with Gasteiger partial charge in [0.15, 0.2) is 0 Å². The second-order valence-electron chi connectivity index (χ2n) is 6.19. The smallest absolute Gasteiger partial charge is 0.116 e. The van der Waals surface area contributed by atoms with E-state index in [9.17, 15) is 5.26 Å². The third-order valence-electron chi connectivity index (χ3n) is 4.16. The summed E-state index contributed by atoms with van der Waals surface area (Å²) < 4.78 is 0. The van der Waals surface area contributed by atoms with E-state index in [1.807, 2.05) is 6.92 Å². The van der Waals surface area contributed by atoms with Crippen molar-refractivity contribution in [2.24, 2.45) is 11.8 Å². The van der Waals surface area contributed by atoms with Gasteiger partial charge in [0, 0.05) is 6.54 Å². The zero-order valence-corrected chi connectivity index (χ0v) is 12.5. The van der Waals surface area contributed by atoms with E-state index in [-0.39, 0.29) is 0 Å². The molecule has 0 aromatic carbocycles. The number of likely N-dealkylation sites (tertiary alicyclic amines) is 1. The van der Waals surface area contributed by atoms with Crippen LogP contribution in [-0.2, 0) is 0 Å². The Bertz CT molecular complexity index is 282. The van der Waals surface area contributed by atoms with Gasteiger partial charge in [-0.25, -0.2) is 0 Å². The molecule has 1 fully saturated rings. The maximum Gasteiger partial charge on any atom is 0.116 e. The molecule has 1 heterocycles. The minimum absolute atomic E-state index is 0.396. The van der Waals surface area contributed by atoms with Gasteiger partial charge >= 0.3 is 0 Å². The number of rotatable bonds is 5. The van der Waals surface area contributed by atoms with Gasteiger partial charge in [0.25, 0.3) is 0 Å². The fraction of sp³-hybridized carbons (Fsp3) is 0.933. The average molecular weight is 251 g/mol. The first-order valence-corrected chi connectivity index (χ1v) is 7.39. The van der Waals surface area contributed by atoms with E-state index in [0.717, 1.165) is 38.0 Å². The topological polar surface area (TPSA) is 39.1 Å². The van der Waals surface area contributed by atoms with Gasteiger partial charge in [0.1, 0.15) is 5.54 Å². The van der Waals surface area contributed by atoms with Gasteiger partial charge in [-0.1, -0.05) is 20.8 Å². The minimum atomic E-state index is -0.396. The summed E-state index contributed by atoms with van der Waals surface area (Å²) in [5.41, 5.74) is -0.396. The van der Waals surface area contributed by atoms with Gasteiger partial charge in [-0.15, -0.1) is 0 Å². The lowest BCUT2D eigenvalue weighted by Gasteiger charge is -2.30. The van der Waals surface area contributed by atoms with Crippen LogP contribution < -0.4 is 5.32 Å². The van der Waals surface area contributed by atoms with Crippen LogP contribution in [0.4, 0.5) is 0 Å². The number of nitriles is 1. The number of hydrogen-bond donors (Lipinski definition) is 1. The quantitative estimate of drug-likeness (QED) is 0.816. The standard InChI is InChI=1S/C15H29N3/c1-5-17-15(4,11-16)12-18-9-6-7-14(8-10-18)13(2)3/h13-14,17H,5-10,12H2,1-4H3. The summed E-state index contributed by atoms with van der Waals surface area (Å²) in [6, 6.07) is 2.43. The number of hydrogen-bond acceptors (Lipinski definition) is 3. The molecule has 0 aromatic rings. The SMILES string of the molecule is CCNC(C)(C#N)CN1CCCC(C(C)C)CC1. The highest BCUT2D eigenvalue weighted by Gasteiger charge is 2.27. The molecular weight excluding hydrogens is 222 g/mol. The van der Waals surface area contributed by atoms with E-state index < -0.39 is 5.54 Å². The second-order valence-corrected chi connectivity index (χ2v) is 6.19. The number of nitrogens with zero attached hydrogens (tertiary/aromatic N) is 2. The minimum Gasteiger partial charge on any atom is -0.300 e. The molecule has 1 N–H and O–H groups in total. The molecule has 0 spiro atoms. The van der Waals surface area contributed by atoms with Crippen molar-refractivity contribution >= 4 is 0 Å². The Kier molecular flexibility index (Phi) is 6.11. The highest BCUT2D eigenvalue weighted by atomic mass is 15.2. The molecule has 1 aliphatic heterocycles. The van der Waals surface area contributed by atoms with Crippen molar-refractivity contribution in [2.75, 3.05) is 26.2 Å². The zero-order chi connectivity index (χ0) is 13.6. The number of nitrogens with one attached hydrogen (secondary N) is 1. The Morgan fingerprint density at radius 1 is 1.39 bits per heavy atom. The van der Waals surface area contributed by atoms with Crippen LogP contribution in [-0.4, -0.2) is 36.6 Å². The van der Waals surface area contributed by atoms with Crippen LogP contribution >= 0.6 is 0 Å². The van der Waals surface area contributed by atoms with Crippen LogP contribution in [0.15, 0.2) is 0 Å². The molecule has 18 heavy (non-hydrogen) atoms. The average Bonchev–Trinajstić information content (AvgIpc) is 2.55. The largest absolute Gasteiger partial charge is 0.300 e. The van der Waals surface area contributed by atoms with E-state index in [1.165, 1.54) is 19.3 Å². The van der Waals surface area contributed by atoms with Crippen molar-refractivity contribution in [1.29, 1.82) is 5.26 Å². The molecule has 2 atom stereocenters. The van der Waals surface area contributed by atoms with E-state index in [2.05, 4.69) is 37.1 Å². The fourth-order valence-electron chi connectivity index (χ4n) is 2.97. The molecule has 0 bridgehead atoms. The van der Waals surface area contributed by atoms with Crippen molar-refractivity contribution in [3.05, 3.63) is 0 Å². The van der Waals surface area contributed by atoms with Crippen LogP contribution in [0.1, 0.15) is 47.0 Å². The first-order valence-electron chi connectivity index (χ1n) is 7.39. The van der Waals surface area contributed by atoms with Crippen molar-refractivity contribution in [3.8, 4) is 6.07 Å². The van der Waals surface area contributed by atoms with Crippen LogP contribution in [0.5, 0.6) is 0 Å². The summed E-state index contributed by atoms with van der Waals surface area (Å²) in [5, 5.41) is 12.6. The summed E-state index contributed by atoms with van der Waals surface area (Å²) in [6.45, 7) is 12.7. The summed E-state index contributed by atoms with van der Waals surface area (Å²) in [4.78, 5) is 2.47. The van der Waals surface area contributed by atoms with Crippen molar-refractivity contribution in [3.63, 3.8) is 0 Å². The summed E-state index contributed by atoms with van der Waals surface area (Å²) in [5.74, 6) is 1.66. The van der Waals surface area contributed by atoms with Gasteiger partial charge in [0.05, 0.1) is 6.07 Å². The third kappa shape index (κ3) is 4.59. The predicted octanol–water partition coefficient (Wildman–Crippen LogP) is 2.64. The molecule has 0 aromatic heterocycles. The first kappa shape index (κ1) is 15.5. The monoisotopic (exact) mass is 251 g/mol. The lowest BCUT2D eigenvalue weighted by Crippen LogP contribution is -2.50. The van der Waals surface area contributed by atoms with Gasteiger partial charge in [0.2, 0.25) is 0 Å². The molecule has 104 valence electrons. The maximum atomic E-state index is 9.32. The third-order valence-corrected chi connectivity index (χ3v) is 4.16. The molecule has 1 rings (SSSR count). The Balaban J connectivity index is 2.51. The molecule has 2 unspecified atom stereocenters.